The largest absolute Gasteiger partial charge is 0.430 e. The van der Waals surface area contributed by atoms with E-state index in [4.69, 9.17) is 4.74 Å². The molecule has 6 nitrogen and oxygen atoms in total. The summed E-state index contributed by atoms with van der Waals surface area (Å²) in [6.07, 6.45) is 1.24. The quantitative estimate of drug-likeness (QED) is 0.394. The second-order valence-corrected chi connectivity index (χ2v) is 4.57. The number of cyclic esters (lactones) is 1. The molecule has 0 saturated heterocycles. The van der Waals surface area contributed by atoms with Crippen molar-refractivity contribution in [3.8, 4) is 0 Å². The average molecular weight is 286 g/mol. The van der Waals surface area contributed by atoms with Gasteiger partial charge in [-0.05, 0) is 26.0 Å². The third-order valence-electron chi connectivity index (χ3n) is 2.91. The minimum atomic E-state index is -1.11. The van der Waals surface area contributed by atoms with Crippen molar-refractivity contribution in [1.82, 2.24) is 5.43 Å². The lowest BCUT2D eigenvalue weighted by Gasteiger charge is -2.17. The summed E-state index contributed by atoms with van der Waals surface area (Å²) in [5, 5.41) is 3.82. The second kappa shape index (κ2) is 6.13. The van der Waals surface area contributed by atoms with Gasteiger partial charge >= 0.3 is 5.97 Å². The van der Waals surface area contributed by atoms with E-state index in [9.17, 15) is 14.4 Å². The van der Waals surface area contributed by atoms with E-state index in [-0.39, 0.29) is 11.5 Å². The van der Waals surface area contributed by atoms with Crippen molar-refractivity contribution in [3.05, 3.63) is 47.7 Å². The highest BCUT2D eigenvalue weighted by Gasteiger charge is 2.34. The summed E-state index contributed by atoms with van der Waals surface area (Å²) in [6.45, 7) is 3.01. The molecule has 1 atom stereocenters. The van der Waals surface area contributed by atoms with Crippen LogP contribution in [0.3, 0.4) is 0 Å². The number of nitrogens with zero attached hydrogens (tertiary/aromatic N) is 1. The maximum absolute atomic E-state index is 11.8. The summed E-state index contributed by atoms with van der Waals surface area (Å²) in [7, 11) is 0. The first-order valence-corrected chi connectivity index (χ1v) is 6.32. The summed E-state index contributed by atoms with van der Waals surface area (Å²) in [6, 6.07) is 8.50. The Labute approximate surface area is 121 Å². The van der Waals surface area contributed by atoms with Crippen LogP contribution in [-0.2, 0) is 14.3 Å². The Balaban J connectivity index is 2.10. The zero-order chi connectivity index (χ0) is 15.4. The van der Waals surface area contributed by atoms with Gasteiger partial charge in [0.05, 0.1) is 5.71 Å². The zero-order valence-electron chi connectivity index (χ0n) is 11.6. The Bertz CT molecular complexity index is 647. The molecular weight excluding hydrogens is 272 g/mol. The van der Waals surface area contributed by atoms with Crippen molar-refractivity contribution in [2.45, 2.75) is 13.8 Å². The Kier molecular flexibility index (Phi) is 4.27. The first-order chi connectivity index (χ1) is 9.99. The molecule has 1 N–H and O–H groups in total. The molecule has 0 bridgehead atoms. The van der Waals surface area contributed by atoms with Crippen LogP contribution in [0.4, 0.5) is 0 Å². The predicted octanol–water partition coefficient (Wildman–Crippen LogP) is 1.44. The number of ketones is 1. The smallest absolute Gasteiger partial charge is 0.327 e. The van der Waals surface area contributed by atoms with Crippen LogP contribution < -0.4 is 5.43 Å². The van der Waals surface area contributed by atoms with Gasteiger partial charge in [0, 0.05) is 11.6 Å². The summed E-state index contributed by atoms with van der Waals surface area (Å²) in [5.74, 6) is -2.36. The number of nitrogens with one attached hydrogen (secondary N) is 1. The number of carbonyl (C=O) groups is 3. The molecule has 1 aromatic carbocycles. The standard InChI is InChI=1S/C15H14N2O4/c1-9-8-12(18)13(15(20)21-9)10(2)16-17-14(19)11-6-4-3-5-7-11/h3-8,13H,1-2H3,(H,17,19)/b16-10+. The molecule has 0 radical (unpaired) electrons. The Morgan fingerprint density at radius 1 is 1.24 bits per heavy atom. The van der Waals surface area contributed by atoms with Gasteiger partial charge in [0.25, 0.3) is 5.91 Å². The van der Waals surface area contributed by atoms with Crippen molar-refractivity contribution < 1.29 is 19.1 Å². The summed E-state index contributed by atoms with van der Waals surface area (Å²) < 4.78 is 4.89. The first-order valence-electron chi connectivity index (χ1n) is 6.32. The molecule has 1 aliphatic rings. The lowest BCUT2D eigenvalue weighted by Crippen LogP contribution is -2.35. The fourth-order valence-electron chi connectivity index (χ4n) is 1.88. The molecule has 0 saturated carbocycles. The third-order valence-corrected chi connectivity index (χ3v) is 2.91. The van der Waals surface area contributed by atoms with Crippen LogP contribution in [0.15, 0.2) is 47.3 Å². The number of esters is 1. The van der Waals surface area contributed by atoms with Gasteiger partial charge in [0.15, 0.2) is 11.7 Å². The van der Waals surface area contributed by atoms with Crippen molar-refractivity contribution in [1.29, 1.82) is 0 Å². The monoisotopic (exact) mass is 286 g/mol. The highest BCUT2D eigenvalue weighted by atomic mass is 16.5. The van der Waals surface area contributed by atoms with E-state index >= 15 is 0 Å². The SMILES string of the molecule is CC1=CC(=O)C(/C(C)=N/NC(=O)c2ccccc2)C(=O)O1. The minimum absolute atomic E-state index is 0.179. The van der Waals surface area contributed by atoms with Crippen LogP contribution in [0.25, 0.3) is 0 Å². The first kappa shape index (κ1) is 14.6. The number of rotatable bonds is 3. The number of hydrazone groups is 1. The number of amides is 1. The number of benzene rings is 1. The van der Waals surface area contributed by atoms with Crippen LogP contribution in [0.1, 0.15) is 24.2 Å². The van der Waals surface area contributed by atoms with E-state index < -0.39 is 23.6 Å². The zero-order valence-corrected chi connectivity index (χ0v) is 11.6. The molecule has 21 heavy (non-hydrogen) atoms. The van der Waals surface area contributed by atoms with E-state index in [1.165, 1.54) is 19.9 Å². The molecule has 0 fully saturated rings. The van der Waals surface area contributed by atoms with E-state index in [1.54, 1.807) is 30.3 Å². The molecule has 1 aliphatic heterocycles. The average Bonchev–Trinajstić information content (AvgIpc) is 2.44. The van der Waals surface area contributed by atoms with Gasteiger partial charge in [-0.25, -0.2) is 5.43 Å². The second-order valence-electron chi connectivity index (χ2n) is 4.57. The normalized spacial score (nSPS) is 18.9. The molecule has 0 aliphatic carbocycles. The van der Waals surface area contributed by atoms with E-state index in [0.29, 0.717) is 5.56 Å². The van der Waals surface area contributed by atoms with Crippen molar-refractivity contribution >= 4 is 23.4 Å². The topological polar surface area (TPSA) is 84.8 Å². The van der Waals surface area contributed by atoms with E-state index in [2.05, 4.69) is 10.5 Å². The van der Waals surface area contributed by atoms with Crippen LogP contribution in [0.5, 0.6) is 0 Å². The molecule has 0 spiro atoms. The molecule has 1 heterocycles. The van der Waals surface area contributed by atoms with Crippen LogP contribution >= 0.6 is 0 Å². The molecule has 2 rings (SSSR count). The Morgan fingerprint density at radius 3 is 2.52 bits per heavy atom. The van der Waals surface area contributed by atoms with Crippen molar-refractivity contribution in [3.63, 3.8) is 0 Å². The van der Waals surface area contributed by atoms with Gasteiger partial charge in [0.2, 0.25) is 0 Å². The number of hydrogen-bond donors (Lipinski definition) is 1. The predicted molar refractivity (Wildman–Crippen MR) is 75.4 cm³/mol. The number of hydrogen-bond acceptors (Lipinski definition) is 5. The van der Waals surface area contributed by atoms with Gasteiger partial charge in [-0.2, -0.15) is 5.10 Å². The fraction of sp³-hybridized carbons (Fsp3) is 0.200. The minimum Gasteiger partial charge on any atom is -0.430 e. The fourth-order valence-corrected chi connectivity index (χ4v) is 1.88. The molecule has 6 heteroatoms. The third kappa shape index (κ3) is 3.42. The van der Waals surface area contributed by atoms with Crippen LogP contribution in [0, 0.1) is 5.92 Å². The summed E-state index contributed by atoms with van der Waals surface area (Å²) >= 11 is 0. The molecule has 1 aromatic rings. The van der Waals surface area contributed by atoms with Gasteiger partial charge in [0.1, 0.15) is 5.76 Å². The molecular formula is C15H14N2O4. The number of ether oxygens (including phenoxy) is 1. The highest BCUT2D eigenvalue weighted by Crippen LogP contribution is 2.16. The van der Waals surface area contributed by atoms with Crippen LogP contribution in [0.2, 0.25) is 0 Å². The number of allylic oxidation sites excluding steroid dienone is 2. The number of carbonyl (C=O) groups excluding carboxylic acids is 3. The Morgan fingerprint density at radius 2 is 1.90 bits per heavy atom. The van der Waals surface area contributed by atoms with Gasteiger partial charge < -0.3 is 4.74 Å². The lowest BCUT2D eigenvalue weighted by molar-refractivity contribution is -0.146. The van der Waals surface area contributed by atoms with E-state index in [0.717, 1.165) is 0 Å². The lowest BCUT2D eigenvalue weighted by atomic mass is 9.97. The van der Waals surface area contributed by atoms with E-state index in [1.807, 2.05) is 0 Å². The van der Waals surface area contributed by atoms with Crippen molar-refractivity contribution in [2.24, 2.45) is 11.0 Å². The van der Waals surface area contributed by atoms with Crippen LogP contribution in [-0.4, -0.2) is 23.4 Å². The summed E-state index contributed by atoms with van der Waals surface area (Å²) in [5.41, 5.74) is 2.93. The molecule has 1 unspecified atom stereocenters. The molecule has 108 valence electrons. The van der Waals surface area contributed by atoms with Crippen molar-refractivity contribution in [2.75, 3.05) is 0 Å². The van der Waals surface area contributed by atoms with Gasteiger partial charge in [-0.1, -0.05) is 18.2 Å². The molecule has 0 aromatic heterocycles. The summed E-state index contributed by atoms with van der Waals surface area (Å²) in [4.78, 5) is 35.3. The highest BCUT2D eigenvalue weighted by molar-refractivity contribution is 6.23. The maximum atomic E-state index is 11.8. The molecule has 1 amide bonds. The Hall–Kier alpha value is -2.76. The van der Waals surface area contributed by atoms with Gasteiger partial charge in [-0.15, -0.1) is 0 Å². The maximum Gasteiger partial charge on any atom is 0.327 e. The van der Waals surface area contributed by atoms with Gasteiger partial charge in [-0.3, -0.25) is 14.4 Å².